The minimum Gasteiger partial charge on any atom is -0.460 e. The minimum atomic E-state index is -2.37. The Morgan fingerprint density at radius 1 is 0.612 bits per heavy atom. The predicted molar refractivity (Wildman–Crippen MR) is 331 cm³/mol. The first-order valence-corrected chi connectivity index (χ1v) is 31.4. The van der Waals surface area contributed by atoms with Crippen molar-refractivity contribution in [2.75, 3.05) is 51.8 Å². The zero-order chi connectivity index (χ0) is 71.7. The molecule has 5 unspecified atom stereocenters. The normalized spacial score (nSPS) is 35.7. The summed E-state index contributed by atoms with van der Waals surface area (Å²) in [7, 11) is 0. The van der Waals surface area contributed by atoms with E-state index >= 15 is 9.59 Å². The number of hydrogen-bond acceptors (Lipinski definition) is 33. The van der Waals surface area contributed by atoms with Gasteiger partial charge in [-0.1, -0.05) is 57.2 Å². The van der Waals surface area contributed by atoms with E-state index in [0.717, 1.165) is 4.90 Å². The van der Waals surface area contributed by atoms with Crippen LogP contribution in [0.1, 0.15) is 44.2 Å². The molecule has 6 aliphatic rings. The summed E-state index contributed by atoms with van der Waals surface area (Å²) in [6, 6.07) is -1.07. The molecule has 544 valence electrons. The molecule has 2 aromatic rings. The van der Waals surface area contributed by atoms with Crippen molar-refractivity contribution in [2.45, 2.75) is 186 Å². The lowest BCUT2D eigenvalue weighted by Crippen LogP contribution is -2.70. The molecule has 98 heavy (non-hydrogen) atoms. The smallest absolute Gasteiger partial charge is 0.306 e. The highest BCUT2D eigenvalue weighted by Crippen LogP contribution is 2.34. The second kappa shape index (κ2) is 33.4. The molecule has 4 fully saturated rings. The van der Waals surface area contributed by atoms with Crippen LogP contribution in [0.15, 0.2) is 58.5 Å². The van der Waals surface area contributed by atoms with E-state index < -0.39 is 246 Å². The fraction of sp³-hybridized carbons (Fsp3) is 0.644. The van der Waals surface area contributed by atoms with Crippen LogP contribution in [0.4, 0.5) is 5.69 Å². The molecule has 0 radical (unpaired) electrons. The molecule has 0 spiro atoms. The number of aliphatic hydroxyl groups excluding tert-OH is 13. The molecule has 8 rings (SSSR count). The Balaban J connectivity index is 1.10. The number of rotatable bonds is 20. The first kappa shape index (κ1) is 76.0. The molecule has 6 amide bonds. The molecule has 2 aromatic carbocycles. The number of aliphatic hydroxyl groups is 13. The van der Waals surface area contributed by atoms with Crippen LogP contribution >= 0.6 is 0 Å². The fourth-order valence-electron chi connectivity index (χ4n) is 12.0. The van der Waals surface area contributed by atoms with Gasteiger partial charge in [-0.2, -0.15) is 0 Å². The number of anilines is 1. The van der Waals surface area contributed by atoms with E-state index in [4.69, 9.17) is 45.6 Å². The number of nitrogens with one attached hydrogen (secondary N) is 7. The number of amides is 6. The van der Waals surface area contributed by atoms with Crippen LogP contribution in [0.3, 0.4) is 0 Å². The predicted octanol–water partition coefficient (Wildman–Crippen LogP) is -12.4. The molecule has 0 aliphatic carbocycles. The van der Waals surface area contributed by atoms with Gasteiger partial charge in [0.2, 0.25) is 41.7 Å². The van der Waals surface area contributed by atoms with E-state index in [0.29, 0.717) is 5.56 Å². The van der Waals surface area contributed by atoms with E-state index in [1.807, 2.05) is 0 Å². The van der Waals surface area contributed by atoms with Crippen molar-refractivity contribution >= 4 is 59.0 Å². The van der Waals surface area contributed by atoms with Gasteiger partial charge in [-0.05, 0) is 29.2 Å². The standard InChI is InChI=1S/C59H87N13O26/c1-21(2)11-35(78)97-49-42(82)32(19-75)95-57(47(49)87)98-48-33(20-76)96-56(46(86)44(48)84)94-30-10-9-23(12-25(30)60)13-26-51(89)70-37(39(79)27-14-64-58(61)68-27)54(92)71-38(40(80)29-15-65-59(62)72(29)55-45(85)43(83)41(81)31(18-74)93-55)53(91)67-28(17-73)50(88)63-16-34(77)69-36(52(90)66-26)22(3)24-7-5-4-6-8-24/h4-10,12,21-22,26-29,31-33,36-49,55-57,73-76,79-87H,11,13-20,60H2,1-3H3,(H2,62,65)(H,63,88)(H,66,90)(H,67,91)(H,69,77)(H,70,89)(H,71,92)(H3,61,64,68)/t22?,26-,27?,28+,29?,31-,32-,33-,36+,37+,38-,39?,40?,41-,42-,43+,44-,45+,46+,47+,48-,49+,55+,56+,57-/m1/s1. The Kier molecular flexibility index (Phi) is 25.9. The van der Waals surface area contributed by atoms with Gasteiger partial charge in [0, 0.05) is 18.8 Å². The Morgan fingerprint density at radius 2 is 1.23 bits per heavy atom. The number of guanidine groups is 2. The number of ether oxygens (including phenoxy) is 6. The SMILES string of the molecule is CC(C)CC(=O)O[C@@H]1[C@H](O)[C@@H](O[C@H]2[C@H](O)[C@H](O)[C@@H](Oc3ccc(C[C@H]4NC(=O)[C@H](C(C)c5ccccc5)NC(=O)CNC(=O)[C@H](CO)NC(=O)[C@@H](C(O)C5CN=C(N)N5[C@H]5O[C@H](CO)[C@@H](O)[C@H](O)[C@@H]5O)NC(=O)[C@H](C(O)C5CN=C(N)N5)NC4=O)cc3N)O[C@@H]2CO)O[C@H](CO)[C@H]1O. The van der Waals surface area contributed by atoms with Crippen LogP contribution in [-0.2, 0) is 63.7 Å². The molecule has 0 aromatic heterocycles. The zero-order valence-electron chi connectivity index (χ0n) is 53.2. The van der Waals surface area contributed by atoms with Crippen LogP contribution in [0.25, 0.3) is 0 Å². The van der Waals surface area contributed by atoms with Gasteiger partial charge in [-0.25, -0.2) is 0 Å². The summed E-state index contributed by atoms with van der Waals surface area (Å²) in [5.41, 5.74) is 19.0. The molecule has 39 heteroatoms. The minimum absolute atomic E-state index is 0.0923. The number of benzene rings is 2. The largest absolute Gasteiger partial charge is 0.460 e. The highest BCUT2D eigenvalue weighted by molar-refractivity contribution is 5.98. The topological polar surface area (TPSA) is 628 Å². The molecular formula is C59H87N13O26. The number of carbonyl (C=O) groups is 7. The molecule has 0 saturated carbocycles. The van der Waals surface area contributed by atoms with Crippen molar-refractivity contribution in [3.8, 4) is 5.75 Å². The van der Waals surface area contributed by atoms with Crippen molar-refractivity contribution in [3.05, 3.63) is 59.7 Å². The molecular weight excluding hydrogens is 1310 g/mol. The third-order valence-electron chi connectivity index (χ3n) is 17.5. The molecule has 4 saturated heterocycles. The maximum atomic E-state index is 15.2. The van der Waals surface area contributed by atoms with Crippen molar-refractivity contribution in [1.29, 1.82) is 0 Å². The number of nitrogens with two attached hydrogens (primary N) is 3. The van der Waals surface area contributed by atoms with Gasteiger partial charge < -0.3 is 154 Å². The van der Waals surface area contributed by atoms with E-state index in [2.05, 4.69) is 47.2 Å². The Bertz CT molecular complexity index is 3180. The van der Waals surface area contributed by atoms with E-state index in [9.17, 15) is 90.4 Å². The lowest BCUT2D eigenvalue weighted by Gasteiger charge is -2.46. The highest BCUT2D eigenvalue weighted by atomic mass is 16.7. The number of hydrogen-bond donors (Lipinski definition) is 23. The molecule has 6 heterocycles. The molecule has 39 nitrogen and oxygen atoms in total. The van der Waals surface area contributed by atoms with Crippen molar-refractivity contribution in [1.82, 2.24) is 42.1 Å². The maximum Gasteiger partial charge on any atom is 0.306 e. The average molecular weight is 1390 g/mol. The lowest BCUT2D eigenvalue weighted by molar-refractivity contribution is -0.353. The average Bonchev–Trinajstić information content (AvgIpc) is 1.36. The monoisotopic (exact) mass is 1390 g/mol. The third-order valence-corrected chi connectivity index (χ3v) is 17.5. The van der Waals surface area contributed by atoms with Gasteiger partial charge in [0.1, 0.15) is 115 Å². The maximum absolute atomic E-state index is 15.2. The van der Waals surface area contributed by atoms with E-state index in [-0.39, 0.29) is 41.8 Å². The van der Waals surface area contributed by atoms with Gasteiger partial charge in [-0.3, -0.25) is 43.5 Å². The first-order valence-electron chi connectivity index (χ1n) is 31.4. The number of nitrogen functional groups attached to an aromatic ring is 1. The molecule has 6 aliphatic heterocycles. The summed E-state index contributed by atoms with van der Waals surface area (Å²) in [5, 5.41) is 160. The van der Waals surface area contributed by atoms with Gasteiger partial charge in [0.15, 0.2) is 30.5 Å². The van der Waals surface area contributed by atoms with Gasteiger partial charge >= 0.3 is 5.97 Å². The highest BCUT2D eigenvalue weighted by Gasteiger charge is 2.55. The third kappa shape index (κ3) is 17.4. The number of nitrogens with zero attached hydrogens (tertiary/aromatic N) is 3. The fourth-order valence-corrected chi connectivity index (χ4v) is 12.0. The summed E-state index contributed by atoms with van der Waals surface area (Å²) < 4.78 is 34.2. The number of esters is 1. The first-order chi connectivity index (χ1) is 46.5. The zero-order valence-corrected chi connectivity index (χ0v) is 53.2. The summed E-state index contributed by atoms with van der Waals surface area (Å²) in [5.74, 6) is -10.4. The van der Waals surface area contributed by atoms with Crippen LogP contribution < -0.4 is 59.2 Å². The Hall–Kier alpha value is -7.81. The van der Waals surface area contributed by atoms with E-state index in [1.54, 1.807) is 51.1 Å². The van der Waals surface area contributed by atoms with Crippen molar-refractivity contribution in [2.24, 2.45) is 27.4 Å². The van der Waals surface area contributed by atoms with Crippen LogP contribution in [0.2, 0.25) is 0 Å². The quantitative estimate of drug-likeness (QED) is 0.0432. The van der Waals surface area contributed by atoms with Gasteiger partial charge in [0.25, 0.3) is 0 Å². The number of carbonyl (C=O) groups excluding carboxylic acids is 7. The lowest BCUT2D eigenvalue weighted by atomic mass is 9.92. The Morgan fingerprint density at radius 3 is 1.87 bits per heavy atom. The summed E-state index contributed by atoms with van der Waals surface area (Å²) in [4.78, 5) is 109. The van der Waals surface area contributed by atoms with Crippen molar-refractivity contribution in [3.63, 3.8) is 0 Å². The molecule has 25 atom stereocenters. The van der Waals surface area contributed by atoms with Crippen molar-refractivity contribution < 1.29 is 128 Å². The Labute approximate surface area is 558 Å². The van der Waals surface area contributed by atoms with Gasteiger partial charge in [0.05, 0.1) is 63.8 Å². The van der Waals surface area contributed by atoms with Crippen LogP contribution in [0, 0.1) is 5.92 Å². The number of aliphatic imine (C=N–C) groups is 2. The summed E-state index contributed by atoms with van der Waals surface area (Å²) >= 11 is 0. The van der Waals surface area contributed by atoms with Crippen LogP contribution in [-0.4, -0.2) is 317 Å². The second-order valence-electron chi connectivity index (χ2n) is 24.9. The molecule has 26 N–H and O–H groups in total. The summed E-state index contributed by atoms with van der Waals surface area (Å²) in [6.07, 6.45) is -32.4. The second-order valence-corrected chi connectivity index (χ2v) is 24.9. The molecule has 0 bridgehead atoms. The van der Waals surface area contributed by atoms with E-state index in [1.165, 1.54) is 18.2 Å². The summed E-state index contributed by atoms with van der Waals surface area (Å²) in [6.45, 7) is -0.723. The van der Waals surface area contributed by atoms with Crippen LogP contribution in [0.5, 0.6) is 5.75 Å². The van der Waals surface area contributed by atoms with Gasteiger partial charge in [-0.15, -0.1) is 0 Å².